The fraction of sp³-hybridized carbons (Fsp3) is 0.286. The first-order valence-electron chi connectivity index (χ1n) is 6.04. The van der Waals surface area contributed by atoms with Crippen LogP contribution >= 0.6 is 11.3 Å². The molecule has 0 unspecified atom stereocenters. The Morgan fingerprint density at radius 2 is 2.11 bits per heavy atom. The minimum absolute atomic E-state index is 0.0859. The number of carbonyl (C=O) groups is 1. The standard InChI is InChI=1S/C14H17N3OS/c1-10-16-8-12(19-10)9-17(2)14(18)13(15)11-6-4-3-5-7-11/h3-8,13H,9,15H2,1-2H3/t13-/m1/s1. The monoisotopic (exact) mass is 275 g/mol. The summed E-state index contributed by atoms with van der Waals surface area (Å²) in [5.74, 6) is -0.0859. The fourth-order valence-corrected chi connectivity index (χ4v) is 2.68. The molecule has 2 aromatic rings. The molecule has 5 heteroatoms. The number of hydrogen-bond acceptors (Lipinski definition) is 4. The maximum atomic E-state index is 12.2. The molecule has 2 N–H and O–H groups in total. The average molecular weight is 275 g/mol. The lowest BCUT2D eigenvalue weighted by Crippen LogP contribution is -2.35. The Balaban J connectivity index is 2.03. The molecule has 0 aliphatic rings. The van der Waals surface area contributed by atoms with E-state index in [1.165, 1.54) is 0 Å². The highest BCUT2D eigenvalue weighted by atomic mass is 32.1. The average Bonchev–Trinajstić information content (AvgIpc) is 2.83. The highest BCUT2D eigenvalue weighted by Crippen LogP contribution is 2.17. The topological polar surface area (TPSA) is 59.2 Å². The maximum absolute atomic E-state index is 12.2. The molecule has 0 spiro atoms. The fourth-order valence-electron chi connectivity index (χ4n) is 1.83. The molecule has 0 aliphatic carbocycles. The van der Waals surface area contributed by atoms with Crippen LogP contribution in [0.25, 0.3) is 0 Å². The maximum Gasteiger partial charge on any atom is 0.244 e. The van der Waals surface area contributed by atoms with Gasteiger partial charge in [-0.1, -0.05) is 30.3 Å². The predicted molar refractivity (Wildman–Crippen MR) is 76.7 cm³/mol. The number of likely N-dealkylation sites (N-methyl/N-ethyl adjacent to an activating group) is 1. The van der Waals surface area contributed by atoms with Crippen LogP contribution in [0.2, 0.25) is 0 Å². The Labute approximate surface area is 116 Å². The molecule has 4 nitrogen and oxygen atoms in total. The number of rotatable bonds is 4. The van der Waals surface area contributed by atoms with Crippen molar-refractivity contribution in [3.63, 3.8) is 0 Å². The van der Waals surface area contributed by atoms with Gasteiger partial charge in [0.1, 0.15) is 6.04 Å². The van der Waals surface area contributed by atoms with E-state index in [0.29, 0.717) is 6.54 Å². The summed E-state index contributed by atoms with van der Waals surface area (Å²) in [5, 5.41) is 1.00. The zero-order chi connectivity index (χ0) is 13.8. The summed E-state index contributed by atoms with van der Waals surface area (Å²) in [6.07, 6.45) is 1.80. The van der Waals surface area contributed by atoms with Crippen molar-refractivity contribution in [1.29, 1.82) is 0 Å². The number of aromatic nitrogens is 1. The van der Waals surface area contributed by atoms with Crippen molar-refractivity contribution >= 4 is 17.2 Å². The van der Waals surface area contributed by atoms with Crippen LogP contribution < -0.4 is 5.73 Å². The normalized spacial score (nSPS) is 12.2. The zero-order valence-electron chi connectivity index (χ0n) is 11.0. The van der Waals surface area contributed by atoms with E-state index in [2.05, 4.69) is 4.98 Å². The Hall–Kier alpha value is -1.72. The van der Waals surface area contributed by atoms with Crippen LogP contribution in [0.3, 0.4) is 0 Å². The molecule has 0 aliphatic heterocycles. The molecule has 1 heterocycles. The van der Waals surface area contributed by atoms with E-state index in [1.807, 2.05) is 37.3 Å². The molecule has 1 aromatic carbocycles. The first kappa shape index (κ1) is 13.7. The lowest BCUT2D eigenvalue weighted by molar-refractivity contribution is -0.131. The number of amides is 1. The highest BCUT2D eigenvalue weighted by molar-refractivity contribution is 7.11. The molecule has 100 valence electrons. The quantitative estimate of drug-likeness (QED) is 0.929. The molecule has 0 bridgehead atoms. The van der Waals surface area contributed by atoms with Crippen LogP contribution in [0.15, 0.2) is 36.5 Å². The van der Waals surface area contributed by atoms with Gasteiger partial charge in [0.25, 0.3) is 0 Å². The first-order valence-corrected chi connectivity index (χ1v) is 6.86. The van der Waals surface area contributed by atoms with Crippen LogP contribution in [-0.2, 0) is 11.3 Å². The Morgan fingerprint density at radius 1 is 1.42 bits per heavy atom. The van der Waals surface area contributed by atoms with Gasteiger partial charge in [-0.2, -0.15) is 0 Å². The Bertz CT molecular complexity index is 553. The number of hydrogen-bond donors (Lipinski definition) is 1. The number of carbonyl (C=O) groups excluding carboxylic acids is 1. The second kappa shape index (κ2) is 5.95. The Kier molecular flexibility index (Phi) is 4.29. The van der Waals surface area contributed by atoms with Gasteiger partial charge < -0.3 is 10.6 Å². The molecule has 1 atom stereocenters. The van der Waals surface area contributed by atoms with E-state index in [4.69, 9.17) is 5.73 Å². The third-order valence-corrected chi connectivity index (χ3v) is 3.76. The number of thiazole rings is 1. The smallest absolute Gasteiger partial charge is 0.244 e. The van der Waals surface area contributed by atoms with Crippen molar-refractivity contribution in [3.8, 4) is 0 Å². The van der Waals surface area contributed by atoms with E-state index in [1.54, 1.807) is 29.5 Å². The SMILES string of the molecule is Cc1ncc(CN(C)C(=O)[C@H](N)c2ccccc2)s1. The van der Waals surface area contributed by atoms with Crippen LogP contribution in [0.4, 0.5) is 0 Å². The van der Waals surface area contributed by atoms with E-state index in [9.17, 15) is 4.79 Å². The van der Waals surface area contributed by atoms with Gasteiger partial charge in [0.15, 0.2) is 0 Å². The molecular formula is C14H17N3OS. The van der Waals surface area contributed by atoms with Crippen molar-refractivity contribution in [1.82, 2.24) is 9.88 Å². The minimum Gasteiger partial charge on any atom is -0.339 e. The molecule has 0 fully saturated rings. The van der Waals surface area contributed by atoms with Gasteiger partial charge in [-0.3, -0.25) is 4.79 Å². The van der Waals surface area contributed by atoms with Crippen molar-refractivity contribution in [2.75, 3.05) is 7.05 Å². The van der Waals surface area contributed by atoms with Gasteiger partial charge in [-0.25, -0.2) is 4.98 Å². The summed E-state index contributed by atoms with van der Waals surface area (Å²) in [5.41, 5.74) is 6.83. The summed E-state index contributed by atoms with van der Waals surface area (Å²) in [4.78, 5) is 19.1. The van der Waals surface area contributed by atoms with Gasteiger partial charge in [-0.05, 0) is 12.5 Å². The Morgan fingerprint density at radius 3 is 2.68 bits per heavy atom. The summed E-state index contributed by atoms with van der Waals surface area (Å²) < 4.78 is 0. The van der Waals surface area contributed by atoms with E-state index in [0.717, 1.165) is 15.4 Å². The molecule has 19 heavy (non-hydrogen) atoms. The molecule has 0 saturated carbocycles. The number of nitrogens with two attached hydrogens (primary N) is 1. The van der Waals surface area contributed by atoms with Gasteiger partial charge >= 0.3 is 0 Å². The van der Waals surface area contributed by atoms with Crippen molar-refractivity contribution < 1.29 is 4.79 Å². The van der Waals surface area contributed by atoms with Gasteiger partial charge in [-0.15, -0.1) is 11.3 Å². The second-order valence-electron chi connectivity index (χ2n) is 4.43. The van der Waals surface area contributed by atoms with E-state index in [-0.39, 0.29) is 5.91 Å². The summed E-state index contributed by atoms with van der Waals surface area (Å²) in [6, 6.07) is 8.80. The summed E-state index contributed by atoms with van der Waals surface area (Å²) in [7, 11) is 1.76. The molecular weight excluding hydrogens is 258 g/mol. The summed E-state index contributed by atoms with van der Waals surface area (Å²) >= 11 is 1.60. The summed E-state index contributed by atoms with van der Waals surface area (Å²) in [6.45, 7) is 2.50. The zero-order valence-corrected chi connectivity index (χ0v) is 11.9. The third kappa shape index (κ3) is 3.39. The van der Waals surface area contributed by atoms with Crippen LogP contribution in [0.1, 0.15) is 21.5 Å². The number of benzene rings is 1. The predicted octanol–water partition coefficient (Wildman–Crippen LogP) is 2.11. The lowest BCUT2D eigenvalue weighted by atomic mass is 10.1. The lowest BCUT2D eigenvalue weighted by Gasteiger charge is -2.20. The number of nitrogens with zero attached hydrogens (tertiary/aromatic N) is 2. The molecule has 0 radical (unpaired) electrons. The first-order chi connectivity index (χ1) is 9.08. The van der Waals surface area contributed by atoms with Crippen LogP contribution in [-0.4, -0.2) is 22.8 Å². The highest BCUT2D eigenvalue weighted by Gasteiger charge is 2.20. The van der Waals surface area contributed by atoms with Crippen LogP contribution in [0, 0.1) is 6.92 Å². The second-order valence-corrected chi connectivity index (χ2v) is 5.75. The van der Waals surface area contributed by atoms with Gasteiger partial charge in [0.2, 0.25) is 5.91 Å². The van der Waals surface area contributed by atoms with Crippen molar-refractivity contribution in [2.45, 2.75) is 19.5 Å². The third-order valence-electron chi connectivity index (χ3n) is 2.86. The van der Waals surface area contributed by atoms with Gasteiger partial charge in [0, 0.05) is 18.1 Å². The molecule has 2 rings (SSSR count). The van der Waals surface area contributed by atoms with E-state index < -0.39 is 6.04 Å². The number of aryl methyl sites for hydroxylation is 1. The molecule has 0 saturated heterocycles. The molecule has 1 amide bonds. The van der Waals surface area contributed by atoms with Crippen molar-refractivity contribution in [3.05, 3.63) is 52.0 Å². The van der Waals surface area contributed by atoms with Gasteiger partial charge in [0.05, 0.1) is 11.6 Å². The van der Waals surface area contributed by atoms with Crippen LogP contribution in [0.5, 0.6) is 0 Å². The largest absolute Gasteiger partial charge is 0.339 e. The molecule has 1 aromatic heterocycles. The van der Waals surface area contributed by atoms with Crippen molar-refractivity contribution in [2.24, 2.45) is 5.73 Å². The van der Waals surface area contributed by atoms with E-state index >= 15 is 0 Å². The minimum atomic E-state index is -0.611.